The fourth-order valence-corrected chi connectivity index (χ4v) is 6.54. The highest BCUT2D eigenvalue weighted by atomic mass is 16.6. The molecule has 0 heterocycles. The third-order valence-electron chi connectivity index (χ3n) is 10.3. The van der Waals surface area contributed by atoms with Crippen molar-refractivity contribution in [3.63, 3.8) is 0 Å². The lowest BCUT2D eigenvalue weighted by atomic mass is 10.00. The molecule has 6 nitrogen and oxygen atoms in total. The molecule has 0 aromatic rings. The zero-order valence-electron chi connectivity index (χ0n) is 34.7. The third-order valence-corrected chi connectivity index (χ3v) is 10.3. The average molecular weight is 723 g/mol. The first-order valence-electron chi connectivity index (χ1n) is 22.3. The third kappa shape index (κ3) is 38.0. The van der Waals surface area contributed by atoms with Crippen LogP contribution in [0.5, 0.6) is 0 Å². The minimum atomic E-state index is -0.760. The predicted octanol–water partition coefficient (Wildman–Crippen LogP) is 13.8. The van der Waals surface area contributed by atoms with E-state index in [-0.39, 0.29) is 31.1 Å². The Morgan fingerprint density at radius 1 is 0.412 bits per heavy atom. The van der Waals surface area contributed by atoms with Crippen LogP contribution in [0.3, 0.4) is 0 Å². The van der Waals surface area contributed by atoms with E-state index in [1.54, 1.807) is 0 Å². The molecular weight excluding hydrogens is 636 g/mol. The van der Waals surface area contributed by atoms with Gasteiger partial charge in [-0.3, -0.25) is 14.4 Å². The first-order chi connectivity index (χ1) is 24.8. The highest BCUT2D eigenvalue weighted by Crippen LogP contribution is 2.17. The van der Waals surface area contributed by atoms with Crippen LogP contribution < -0.4 is 0 Å². The van der Waals surface area contributed by atoms with Gasteiger partial charge in [0.1, 0.15) is 13.2 Å². The zero-order valence-corrected chi connectivity index (χ0v) is 34.7. The lowest BCUT2D eigenvalue weighted by Gasteiger charge is -2.18. The van der Waals surface area contributed by atoms with E-state index in [0.29, 0.717) is 19.3 Å². The van der Waals surface area contributed by atoms with E-state index in [0.717, 1.165) is 69.6 Å². The normalized spacial score (nSPS) is 12.6. The van der Waals surface area contributed by atoms with E-state index in [1.165, 1.54) is 128 Å². The summed E-state index contributed by atoms with van der Waals surface area (Å²) >= 11 is 0. The molecule has 0 fully saturated rings. The second-order valence-corrected chi connectivity index (χ2v) is 16.1. The Kier molecular flexibility index (Phi) is 37.0. The van der Waals surface area contributed by atoms with E-state index in [9.17, 15) is 14.4 Å². The quantitative estimate of drug-likeness (QED) is 0.0357. The number of unbranched alkanes of at least 4 members (excludes halogenated alkanes) is 23. The van der Waals surface area contributed by atoms with Crippen LogP contribution in [0.2, 0.25) is 0 Å². The van der Waals surface area contributed by atoms with Crippen LogP contribution in [0.15, 0.2) is 0 Å². The van der Waals surface area contributed by atoms with Gasteiger partial charge >= 0.3 is 17.9 Å². The van der Waals surface area contributed by atoms with Gasteiger partial charge in [-0.25, -0.2) is 0 Å². The van der Waals surface area contributed by atoms with Crippen molar-refractivity contribution in [2.24, 2.45) is 11.8 Å². The van der Waals surface area contributed by atoms with Crippen molar-refractivity contribution in [1.29, 1.82) is 0 Å². The predicted molar refractivity (Wildman–Crippen MR) is 215 cm³/mol. The summed E-state index contributed by atoms with van der Waals surface area (Å²) < 4.78 is 16.7. The van der Waals surface area contributed by atoms with Crippen LogP contribution in [-0.2, 0) is 28.6 Å². The van der Waals surface area contributed by atoms with Crippen LogP contribution in [0.4, 0.5) is 0 Å². The SMILES string of the molecule is CCCCCCCCCCCCC(=O)OC[C@@H](COC(=O)CCCCCCCCC(C)CC)OC(=O)CCCCCCCCCCCCC(C)C. The van der Waals surface area contributed by atoms with Gasteiger partial charge in [-0.1, -0.05) is 202 Å². The minimum absolute atomic E-state index is 0.0657. The maximum Gasteiger partial charge on any atom is 0.306 e. The number of rotatable bonds is 39. The molecule has 0 N–H and O–H groups in total. The smallest absolute Gasteiger partial charge is 0.306 e. The molecule has 0 aliphatic carbocycles. The molecule has 0 aromatic heterocycles. The summed E-state index contributed by atoms with van der Waals surface area (Å²) in [6.07, 6.45) is 35.2. The summed E-state index contributed by atoms with van der Waals surface area (Å²) in [5.74, 6) is 0.767. The van der Waals surface area contributed by atoms with E-state index in [4.69, 9.17) is 14.2 Å². The summed E-state index contributed by atoms with van der Waals surface area (Å²) in [5.41, 5.74) is 0. The molecule has 0 aromatic carbocycles. The average Bonchev–Trinajstić information content (AvgIpc) is 3.11. The molecule has 0 radical (unpaired) electrons. The number of hydrogen-bond acceptors (Lipinski definition) is 6. The molecule has 0 saturated heterocycles. The Morgan fingerprint density at radius 2 is 0.745 bits per heavy atom. The Balaban J connectivity index is 4.35. The molecule has 302 valence electrons. The van der Waals surface area contributed by atoms with Gasteiger partial charge in [0.2, 0.25) is 0 Å². The lowest BCUT2D eigenvalue weighted by Crippen LogP contribution is -2.30. The van der Waals surface area contributed by atoms with Crippen molar-refractivity contribution in [2.45, 2.75) is 246 Å². The molecule has 1 unspecified atom stereocenters. The van der Waals surface area contributed by atoms with Gasteiger partial charge in [-0.05, 0) is 31.1 Å². The van der Waals surface area contributed by atoms with Gasteiger partial charge in [0.15, 0.2) is 6.10 Å². The molecule has 0 bridgehead atoms. The van der Waals surface area contributed by atoms with Crippen molar-refractivity contribution < 1.29 is 28.6 Å². The molecule has 0 saturated carbocycles. The topological polar surface area (TPSA) is 78.9 Å². The summed E-state index contributed by atoms with van der Waals surface area (Å²) in [5, 5.41) is 0. The van der Waals surface area contributed by atoms with Gasteiger partial charge in [0.25, 0.3) is 0 Å². The van der Waals surface area contributed by atoms with Crippen LogP contribution >= 0.6 is 0 Å². The van der Waals surface area contributed by atoms with Crippen molar-refractivity contribution in [3.8, 4) is 0 Å². The van der Waals surface area contributed by atoms with E-state index < -0.39 is 6.10 Å². The second kappa shape index (κ2) is 38.1. The van der Waals surface area contributed by atoms with Gasteiger partial charge in [-0.2, -0.15) is 0 Å². The van der Waals surface area contributed by atoms with Crippen molar-refractivity contribution >= 4 is 17.9 Å². The van der Waals surface area contributed by atoms with Gasteiger partial charge in [-0.15, -0.1) is 0 Å². The van der Waals surface area contributed by atoms with Crippen molar-refractivity contribution in [2.75, 3.05) is 13.2 Å². The fraction of sp³-hybridized carbons (Fsp3) is 0.933. The number of carbonyl (C=O) groups is 3. The highest BCUT2D eigenvalue weighted by Gasteiger charge is 2.19. The van der Waals surface area contributed by atoms with Crippen LogP contribution in [0, 0.1) is 11.8 Å². The molecule has 0 aliphatic rings. The Labute approximate surface area is 317 Å². The minimum Gasteiger partial charge on any atom is -0.462 e. The largest absolute Gasteiger partial charge is 0.462 e. The number of hydrogen-bond donors (Lipinski definition) is 0. The highest BCUT2D eigenvalue weighted by molar-refractivity contribution is 5.71. The summed E-state index contributed by atoms with van der Waals surface area (Å²) in [6.45, 7) is 11.3. The number of carbonyl (C=O) groups excluding carboxylic acids is 3. The van der Waals surface area contributed by atoms with Gasteiger partial charge in [0, 0.05) is 19.3 Å². The molecule has 6 heteroatoms. The van der Waals surface area contributed by atoms with Crippen molar-refractivity contribution in [3.05, 3.63) is 0 Å². The molecule has 2 atom stereocenters. The Morgan fingerprint density at radius 3 is 1.12 bits per heavy atom. The van der Waals surface area contributed by atoms with E-state index in [1.807, 2.05) is 0 Å². The molecule has 0 rings (SSSR count). The monoisotopic (exact) mass is 723 g/mol. The second-order valence-electron chi connectivity index (χ2n) is 16.1. The van der Waals surface area contributed by atoms with Gasteiger partial charge in [0.05, 0.1) is 0 Å². The van der Waals surface area contributed by atoms with Crippen LogP contribution in [-0.4, -0.2) is 37.2 Å². The zero-order chi connectivity index (χ0) is 37.6. The molecule has 0 spiro atoms. The number of ether oxygens (including phenoxy) is 3. The lowest BCUT2D eigenvalue weighted by molar-refractivity contribution is -0.167. The summed E-state index contributed by atoms with van der Waals surface area (Å²) in [4.78, 5) is 37.6. The maximum atomic E-state index is 12.7. The molecule has 0 aliphatic heterocycles. The number of esters is 3. The fourth-order valence-electron chi connectivity index (χ4n) is 6.54. The first kappa shape index (κ1) is 49.4. The van der Waals surface area contributed by atoms with E-state index in [2.05, 4.69) is 34.6 Å². The van der Waals surface area contributed by atoms with Gasteiger partial charge < -0.3 is 14.2 Å². The Bertz CT molecular complexity index is 781. The summed E-state index contributed by atoms with van der Waals surface area (Å²) in [7, 11) is 0. The standard InChI is InChI=1S/C45H86O6/c1-6-8-9-10-11-12-16-19-25-30-35-43(46)49-38-42(39-50-44(47)36-31-26-22-21-24-29-34-41(5)7-2)51-45(48)37-32-27-20-17-14-13-15-18-23-28-33-40(3)4/h40-42H,6-39H2,1-5H3/t41?,42-/m0/s1. The Hall–Kier alpha value is -1.59. The molecule has 51 heavy (non-hydrogen) atoms. The van der Waals surface area contributed by atoms with Crippen LogP contribution in [0.25, 0.3) is 0 Å². The van der Waals surface area contributed by atoms with Crippen LogP contribution in [0.1, 0.15) is 240 Å². The van der Waals surface area contributed by atoms with Crippen molar-refractivity contribution in [1.82, 2.24) is 0 Å². The molecular formula is C45H86O6. The summed E-state index contributed by atoms with van der Waals surface area (Å²) in [6, 6.07) is 0. The van der Waals surface area contributed by atoms with E-state index >= 15 is 0 Å². The maximum absolute atomic E-state index is 12.7. The molecule has 0 amide bonds. The first-order valence-corrected chi connectivity index (χ1v) is 22.3.